The molecule has 0 amide bonds. The molecule has 1 aromatic heterocycles. The molecule has 0 unspecified atom stereocenters. The van der Waals surface area contributed by atoms with Crippen LogP contribution in [-0.2, 0) is 6.42 Å². The molecular formula is C15H13ClN4O. The number of halogens is 1. The van der Waals surface area contributed by atoms with Crippen LogP contribution in [0.2, 0.25) is 5.02 Å². The molecule has 21 heavy (non-hydrogen) atoms. The first-order chi connectivity index (χ1) is 10.2. The number of benzene rings is 1. The number of nitriles is 1. The van der Waals surface area contributed by atoms with Gasteiger partial charge in [-0.05, 0) is 43.5 Å². The van der Waals surface area contributed by atoms with Crippen molar-refractivity contribution in [3.05, 3.63) is 46.1 Å². The molecule has 0 fully saturated rings. The lowest BCUT2D eigenvalue weighted by Crippen LogP contribution is -2.13. The van der Waals surface area contributed by atoms with E-state index in [4.69, 9.17) is 11.6 Å². The van der Waals surface area contributed by atoms with Crippen molar-refractivity contribution in [1.29, 1.82) is 5.26 Å². The molecule has 6 heteroatoms. The third-order valence-electron chi connectivity index (χ3n) is 3.46. The lowest BCUT2D eigenvalue weighted by Gasteiger charge is -2.14. The number of H-pyrrole nitrogens is 1. The summed E-state index contributed by atoms with van der Waals surface area (Å²) < 4.78 is 0. The van der Waals surface area contributed by atoms with Crippen molar-refractivity contribution in [3.63, 3.8) is 0 Å². The van der Waals surface area contributed by atoms with Crippen LogP contribution in [0.3, 0.4) is 0 Å². The lowest BCUT2D eigenvalue weighted by molar-refractivity contribution is 0.454. The highest BCUT2D eigenvalue weighted by Gasteiger charge is 2.24. The molecule has 0 radical (unpaired) electrons. The third kappa shape index (κ3) is 2.58. The predicted molar refractivity (Wildman–Crippen MR) is 81.7 cm³/mol. The molecule has 3 N–H and O–H groups in total. The van der Waals surface area contributed by atoms with Gasteiger partial charge in [0.15, 0.2) is 0 Å². The van der Waals surface area contributed by atoms with Gasteiger partial charge in [0.25, 0.3) is 0 Å². The lowest BCUT2D eigenvalue weighted by atomic mass is 9.93. The minimum Gasteiger partial charge on any atom is -0.494 e. The van der Waals surface area contributed by atoms with Crippen LogP contribution in [0.4, 0.5) is 5.69 Å². The van der Waals surface area contributed by atoms with Crippen LogP contribution in [0.15, 0.2) is 29.4 Å². The second kappa shape index (κ2) is 5.51. The molecule has 3 rings (SSSR count). The smallest absolute Gasteiger partial charge is 0.207 e. The van der Waals surface area contributed by atoms with Gasteiger partial charge in [0.1, 0.15) is 11.6 Å². The zero-order valence-electron chi connectivity index (χ0n) is 11.2. The summed E-state index contributed by atoms with van der Waals surface area (Å²) in [5.74, 6) is -0.0800. The van der Waals surface area contributed by atoms with Gasteiger partial charge in [-0.3, -0.25) is 5.43 Å². The van der Waals surface area contributed by atoms with Crippen LogP contribution >= 0.6 is 11.6 Å². The molecule has 106 valence electrons. The molecule has 1 aliphatic carbocycles. The largest absolute Gasteiger partial charge is 0.494 e. The minimum absolute atomic E-state index is 0.0800. The van der Waals surface area contributed by atoms with Crippen molar-refractivity contribution >= 4 is 23.0 Å². The van der Waals surface area contributed by atoms with Gasteiger partial charge in [0.2, 0.25) is 5.88 Å². The molecule has 2 aromatic rings. The fourth-order valence-electron chi connectivity index (χ4n) is 2.48. The van der Waals surface area contributed by atoms with E-state index in [0.717, 1.165) is 41.9 Å². The van der Waals surface area contributed by atoms with Crippen molar-refractivity contribution in [2.75, 3.05) is 5.43 Å². The van der Waals surface area contributed by atoms with Crippen molar-refractivity contribution in [2.45, 2.75) is 19.3 Å². The number of fused-ring (bicyclic) bond motifs is 1. The van der Waals surface area contributed by atoms with Gasteiger partial charge in [-0.2, -0.15) is 10.4 Å². The number of hydrazone groups is 1. The normalized spacial score (nSPS) is 15.5. The maximum atomic E-state index is 9.77. The van der Waals surface area contributed by atoms with Gasteiger partial charge in [0.05, 0.1) is 11.4 Å². The number of aromatic nitrogens is 1. The first-order valence-corrected chi connectivity index (χ1v) is 6.99. The third-order valence-corrected chi connectivity index (χ3v) is 3.71. The summed E-state index contributed by atoms with van der Waals surface area (Å²) in [5.41, 5.74) is 6.42. The average molecular weight is 301 g/mol. The molecule has 0 spiro atoms. The molecule has 0 saturated heterocycles. The number of aryl methyl sites for hydroxylation is 1. The Morgan fingerprint density at radius 1 is 1.29 bits per heavy atom. The average Bonchev–Trinajstić information content (AvgIpc) is 2.82. The maximum Gasteiger partial charge on any atom is 0.207 e. The van der Waals surface area contributed by atoms with Crippen LogP contribution in [-0.4, -0.2) is 15.8 Å². The Balaban J connectivity index is 1.93. The zero-order valence-corrected chi connectivity index (χ0v) is 11.9. The van der Waals surface area contributed by atoms with Crippen molar-refractivity contribution in [3.8, 4) is 11.9 Å². The molecule has 1 aromatic carbocycles. The summed E-state index contributed by atoms with van der Waals surface area (Å²) in [6.07, 6.45) is 2.50. The van der Waals surface area contributed by atoms with Crippen LogP contribution in [0, 0.1) is 11.3 Å². The molecule has 1 heterocycles. The molecule has 0 aliphatic heterocycles. The van der Waals surface area contributed by atoms with E-state index >= 15 is 0 Å². The monoisotopic (exact) mass is 300 g/mol. The highest BCUT2D eigenvalue weighted by molar-refractivity contribution is 6.30. The quantitative estimate of drug-likeness (QED) is 0.743. The summed E-state index contributed by atoms with van der Waals surface area (Å²) in [7, 11) is 0. The van der Waals surface area contributed by atoms with Crippen molar-refractivity contribution < 1.29 is 5.11 Å². The minimum atomic E-state index is -0.0800. The molecule has 0 atom stereocenters. The Hall–Kier alpha value is -2.45. The van der Waals surface area contributed by atoms with E-state index in [1.54, 1.807) is 12.1 Å². The van der Waals surface area contributed by atoms with Crippen LogP contribution < -0.4 is 5.43 Å². The van der Waals surface area contributed by atoms with Gasteiger partial charge < -0.3 is 10.1 Å². The van der Waals surface area contributed by atoms with E-state index < -0.39 is 0 Å². The highest BCUT2D eigenvalue weighted by Crippen LogP contribution is 2.30. The van der Waals surface area contributed by atoms with Gasteiger partial charge in [-0.15, -0.1) is 0 Å². The van der Waals surface area contributed by atoms with E-state index in [0.29, 0.717) is 5.02 Å². The summed E-state index contributed by atoms with van der Waals surface area (Å²) in [4.78, 5) is 2.86. The van der Waals surface area contributed by atoms with Crippen molar-refractivity contribution in [1.82, 2.24) is 4.98 Å². The van der Waals surface area contributed by atoms with E-state index in [9.17, 15) is 10.4 Å². The molecule has 0 bridgehead atoms. The number of anilines is 1. The fraction of sp³-hybridized carbons (Fsp3) is 0.200. The first kappa shape index (κ1) is 13.5. The second-order valence-corrected chi connectivity index (χ2v) is 5.28. The highest BCUT2D eigenvalue weighted by atomic mass is 35.5. The zero-order chi connectivity index (χ0) is 14.8. The van der Waals surface area contributed by atoms with Gasteiger partial charge in [-0.1, -0.05) is 11.6 Å². The Morgan fingerprint density at radius 3 is 2.76 bits per heavy atom. The topological polar surface area (TPSA) is 84.2 Å². The van der Waals surface area contributed by atoms with Gasteiger partial charge in [0, 0.05) is 16.3 Å². The molecule has 5 nitrogen and oxygen atoms in total. The summed E-state index contributed by atoms with van der Waals surface area (Å²) >= 11 is 5.84. The van der Waals surface area contributed by atoms with E-state index in [-0.39, 0.29) is 11.4 Å². The standard InChI is InChI=1S/C15H13ClN4O/c16-9-4-6-10(7-5-9)19-20-13-3-1-2-12-14(13)11(8-17)15(21)18-12/h4-7,18-19,21H,1-3H2/b20-13+. The van der Waals surface area contributed by atoms with E-state index in [1.165, 1.54) is 0 Å². The molecule has 1 aliphatic rings. The van der Waals surface area contributed by atoms with E-state index in [2.05, 4.69) is 15.5 Å². The number of aromatic amines is 1. The number of nitrogens with one attached hydrogen (secondary N) is 2. The Labute approximate surface area is 126 Å². The number of aromatic hydroxyl groups is 1. The SMILES string of the molecule is N#Cc1c(O)[nH]c2c1/C(=N/Nc1ccc(Cl)cc1)CCC2. The number of nitrogens with zero attached hydrogens (tertiary/aromatic N) is 2. The number of hydrogen-bond donors (Lipinski definition) is 3. The Morgan fingerprint density at radius 2 is 2.05 bits per heavy atom. The van der Waals surface area contributed by atoms with E-state index in [1.807, 2.05) is 18.2 Å². The molecule has 0 saturated carbocycles. The Bertz CT molecular complexity index is 740. The predicted octanol–water partition coefficient (Wildman–Crippen LogP) is 3.40. The maximum absolute atomic E-state index is 9.77. The number of rotatable bonds is 2. The Kier molecular flexibility index (Phi) is 3.55. The number of hydrogen-bond acceptors (Lipinski definition) is 4. The van der Waals surface area contributed by atoms with Crippen LogP contribution in [0.5, 0.6) is 5.88 Å². The van der Waals surface area contributed by atoms with Crippen LogP contribution in [0.1, 0.15) is 29.7 Å². The summed E-state index contributed by atoms with van der Waals surface area (Å²) in [6, 6.07) is 9.24. The van der Waals surface area contributed by atoms with Gasteiger partial charge >= 0.3 is 0 Å². The van der Waals surface area contributed by atoms with Crippen LogP contribution in [0.25, 0.3) is 0 Å². The molecular weight excluding hydrogens is 288 g/mol. The fourth-order valence-corrected chi connectivity index (χ4v) is 2.60. The second-order valence-electron chi connectivity index (χ2n) is 4.84. The van der Waals surface area contributed by atoms with Gasteiger partial charge in [-0.25, -0.2) is 0 Å². The summed E-state index contributed by atoms with van der Waals surface area (Å²) in [5, 5.41) is 24.0. The first-order valence-electron chi connectivity index (χ1n) is 6.61. The summed E-state index contributed by atoms with van der Waals surface area (Å²) in [6.45, 7) is 0. The van der Waals surface area contributed by atoms with Crippen molar-refractivity contribution in [2.24, 2.45) is 5.10 Å².